The molecule has 0 fully saturated rings. The fourth-order valence-corrected chi connectivity index (χ4v) is 2.34. The predicted octanol–water partition coefficient (Wildman–Crippen LogP) is 2.77. The van der Waals surface area contributed by atoms with Crippen LogP contribution in [0.25, 0.3) is 0 Å². The summed E-state index contributed by atoms with van der Waals surface area (Å²) in [4.78, 5) is 12.0. The van der Waals surface area contributed by atoms with Crippen LogP contribution in [-0.2, 0) is 0 Å². The summed E-state index contributed by atoms with van der Waals surface area (Å²) in [5.41, 5.74) is 9.17. The number of hydrazine groups is 1. The molecular weight excluding hydrogens is 389 g/mol. The summed E-state index contributed by atoms with van der Waals surface area (Å²) in [6.45, 7) is -0.294. The summed E-state index contributed by atoms with van der Waals surface area (Å²) in [5, 5.41) is 5.88. The van der Waals surface area contributed by atoms with Gasteiger partial charge in [-0.05, 0) is 37.6 Å². The Balaban J connectivity index is 2.08. The maximum absolute atomic E-state index is 12.5. The highest BCUT2D eigenvalue weighted by Crippen LogP contribution is 2.21. The molecule has 0 bridgehead atoms. The molecule has 1 heterocycles. The summed E-state index contributed by atoms with van der Waals surface area (Å²) in [6, 6.07) is 6.46. The number of hydrogen-bond acceptors (Lipinski definition) is 9. The summed E-state index contributed by atoms with van der Waals surface area (Å²) < 4.78 is 42.1. The normalized spacial score (nSPS) is 11.2. The third-order valence-corrected chi connectivity index (χ3v) is 3.68. The van der Waals surface area contributed by atoms with Crippen molar-refractivity contribution in [2.24, 2.45) is 11.6 Å². The van der Waals surface area contributed by atoms with Gasteiger partial charge in [0, 0.05) is 12.2 Å². The molecule has 1 aromatic carbocycles. The molecule has 2 aromatic rings. The van der Waals surface area contributed by atoms with Crippen molar-refractivity contribution in [3.8, 4) is 6.01 Å². The fraction of sp³-hybridized carbons (Fsp3) is 0.471. The van der Waals surface area contributed by atoms with E-state index in [0.29, 0.717) is 24.5 Å². The molecule has 160 valence electrons. The number of benzene rings is 1. The second kappa shape index (κ2) is 11.2. The highest BCUT2D eigenvalue weighted by atomic mass is 19.4. The van der Waals surface area contributed by atoms with E-state index in [1.807, 2.05) is 0 Å². The van der Waals surface area contributed by atoms with Gasteiger partial charge in [-0.3, -0.25) is 5.84 Å². The predicted molar refractivity (Wildman–Crippen MR) is 105 cm³/mol. The lowest BCUT2D eigenvalue weighted by atomic mass is 10.2. The minimum Gasteiger partial charge on any atom is -0.454 e. The lowest BCUT2D eigenvalue weighted by molar-refractivity contribution is -0.154. The lowest BCUT2D eigenvalue weighted by Gasteiger charge is -2.12. The Kier molecular flexibility index (Phi) is 8.68. The van der Waals surface area contributed by atoms with E-state index in [1.54, 1.807) is 24.3 Å². The van der Waals surface area contributed by atoms with Crippen molar-refractivity contribution >= 4 is 23.3 Å². The van der Waals surface area contributed by atoms with Gasteiger partial charge in [0.2, 0.25) is 11.9 Å². The number of nitrogens with two attached hydrogens (primary N) is 2. The smallest absolute Gasteiger partial charge is 0.422 e. The zero-order valence-corrected chi connectivity index (χ0v) is 15.8. The van der Waals surface area contributed by atoms with E-state index in [-0.39, 0.29) is 11.9 Å². The fourth-order valence-electron chi connectivity index (χ4n) is 2.34. The van der Waals surface area contributed by atoms with Crippen molar-refractivity contribution in [2.45, 2.75) is 31.9 Å². The molecule has 1 aromatic heterocycles. The lowest BCUT2D eigenvalue weighted by Crippen LogP contribution is -2.21. The van der Waals surface area contributed by atoms with Crippen LogP contribution in [0.3, 0.4) is 0 Å². The van der Waals surface area contributed by atoms with Crippen LogP contribution in [0.4, 0.5) is 36.4 Å². The number of aromatic nitrogens is 3. The topological polar surface area (TPSA) is 136 Å². The van der Waals surface area contributed by atoms with Crippen molar-refractivity contribution in [1.29, 1.82) is 0 Å². The van der Waals surface area contributed by atoms with E-state index in [0.717, 1.165) is 25.7 Å². The first-order valence-electron chi connectivity index (χ1n) is 9.13. The summed E-state index contributed by atoms with van der Waals surface area (Å²) in [7, 11) is 0. The number of anilines is 4. The molecular formula is C17H25F3N8O. The van der Waals surface area contributed by atoms with Crippen LogP contribution in [0, 0.1) is 0 Å². The molecule has 9 nitrogen and oxygen atoms in total. The molecule has 0 radical (unpaired) electrons. The molecule has 0 unspecified atom stereocenters. The molecule has 2 rings (SSSR count). The zero-order valence-electron chi connectivity index (χ0n) is 15.8. The van der Waals surface area contributed by atoms with E-state index in [2.05, 4.69) is 35.7 Å². The number of ether oxygens (including phenoxy) is 1. The molecule has 0 spiro atoms. The quantitative estimate of drug-likeness (QED) is 0.202. The van der Waals surface area contributed by atoms with Crippen molar-refractivity contribution in [3.63, 3.8) is 0 Å². The molecule has 0 aliphatic rings. The molecule has 0 saturated heterocycles. The number of hydrogen-bond donors (Lipinski definition) is 5. The Bertz CT molecular complexity index is 760. The number of alkyl halides is 3. The van der Waals surface area contributed by atoms with Gasteiger partial charge in [-0.25, -0.2) is 0 Å². The van der Waals surface area contributed by atoms with Crippen LogP contribution in [0.1, 0.15) is 25.7 Å². The van der Waals surface area contributed by atoms with Crippen molar-refractivity contribution < 1.29 is 17.9 Å². The van der Waals surface area contributed by atoms with Gasteiger partial charge in [0.1, 0.15) is 0 Å². The average Bonchev–Trinajstić information content (AvgIpc) is 2.68. The van der Waals surface area contributed by atoms with E-state index in [9.17, 15) is 13.2 Å². The second-order valence-electron chi connectivity index (χ2n) is 6.15. The number of nitrogens with one attached hydrogen (secondary N) is 3. The Morgan fingerprint density at radius 1 is 0.966 bits per heavy atom. The monoisotopic (exact) mass is 414 g/mol. The van der Waals surface area contributed by atoms with Crippen LogP contribution in [-0.4, -0.2) is 40.8 Å². The molecule has 0 amide bonds. The summed E-state index contributed by atoms with van der Waals surface area (Å²) in [5.74, 6) is 5.53. The first kappa shape index (κ1) is 22.4. The summed E-state index contributed by atoms with van der Waals surface area (Å²) in [6.07, 6.45) is -0.730. The molecule has 0 aliphatic carbocycles. The van der Waals surface area contributed by atoms with Gasteiger partial charge >= 0.3 is 12.2 Å². The van der Waals surface area contributed by atoms with Crippen molar-refractivity contribution in [3.05, 3.63) is 24.3 Å². The highest BCUT2D eigenvalue weighted by molar-refractivity contribution is 5.61. The largest absolute Gasteiger partial charge is 0.454 e. The Hall–Kier alpha value is -2.86. The molecule has 7 N–H and O–H groups in total. The number of nitrogens with zero attached hydrogens (tertiary/aromatic N) is 3. The Morgan fingerprint density at radius 3 is 2.41 bits per heavy atom. The minimum absolute atomic E-state index is 0.0389. The molecule has 0 saturated carbocycles. The molecule has 0 aliphatic heterocycles. The van der Waals surface area contributed by atoms with Gasteiger partial charge in [-0.1, -0.05) is 18.9 Å². The first-order chi connectivity index (χ1) is 13.9. The third-order valence-electron chi connectivity index (χ3n) is 3.68. The first-order valence-corrected chi connectivity index (χ1v) is 9.13. The van der Waals surface area contributed by atoms with Gasteiger partial charge in [-0.2, -0.15) is 28.1 Å². The number of unbranched alkanes of at least 4 members (excludes halogenated alkanes) is 3. The Labute approximate surface area is 166 Å². The van der Waals surface area contributed by atoms with Crippen molar-refractivity contribution in [2.75, 3.05) is 35.8 Å². The highest BCUT2D eigenvalue weighted by Gasteiger charge is 2.29. The van der Waals surface area contributed by atoms with E-state index >= 15 is 0 Å². The molecule has 0 atom stereocenters. The third kappa shape index (κ3) is 8.79. The van der Waals surface area contributed by atoms with Crippen LogP contribution >= 0.6 is 0 Å². The summed E-state index contributed by atoms with van der Waals surface area (Å²) >= 11 is 0. The van der Waals surface area contributed by atoms with Crippen LogP contribution in [0.15, 0.2) is 24.3 Å². The van der Waals surface area contributed by atoms with Crippen LogP contribution in [0.2, 0.25) is 0 Å². The molecule has 12 heteroatoms. The van der Waals surface area contributed by atoms with Crippen LogP contribution in [0.5, 0.6) is 6.01 Å². The van der Waals surface area contributed by atoms with E-state index < -0.39 is 18.8 Å². The van der Waals surface area contributed by atoms with Crippen LogP contribution < -0.4 is 32.4 Å². The maximum atomic E-state index is 12.5. The van der Waals surface area contributed by atoms with Crippen molar-refractivity contribution in [1.82, 2.24) is 15.0 Å². The molecule has 29 heavy (non-hydrogen) atoms. The average molecular weight is 414 g/mol. The Morgan fingerprint density at radius 2 is 1.69 bits per heavy atom. The zero-order chi connectivity index (χ0) is 21.1. The SMILES string of the molecule is NCCCCCCNc1nc(Nc2cccc(NN)c2)nc(OCC(F)(F)F)n1. The standard InChI is InChI=1S/C17H25F3N8O/c18-17(19,20)11-29-16-26-14(23-9-4-2-1-3-8-21)25-15(27-16)24-12-6-5-7-13(10-12)28-22/h5-7,10,28H,1-4,8-9,11,21-22H2,(H2,23,24,25,26,27). The van der Waals surface area contributed by atoms with Gasteiger partial charge in [0.25, 0.3) is 0 Å². The minimum atomic E-state index is -4.50. The second-order valence-corrected chi connectivity index (χ2v) is 6.15. The van der Waals surface area contributed by atoms with E-state index in [4.69, 9.17) is 11.6 Å². The number of halogens is 3. The maximum Gasteiger partial charge on any atom is 0.422 e. The van der Waals surface area contributed by atoms with E-state index in [1.165, 1.54) is 0 Å². The number of nitrogen functional groups attached to an aromatic ring is 1. The number of rotatable bonds is 12. The van der Waals surface area contributed by atoms with Gasteiger partial charge in [0.05, 0.1) is 5.69 Å². The van der Waals surface area contributed by atoms with Gasteiger partial charge in [0.15, 0.2) is 6.61 Å². The van der Waals surface area contributed by atoms with Gasteiger partial charge in [-0.15, -0.1) is 0 Å². The van der Waals surface area contributed by atoms with Gasteiger partial charge < -0.3 is 26.5 Å².